The number of nitrogens with one attached hydrogen (secondary N) is 5. The Morgan fingerprint density at radius 3 is 1.53 bits per heavy atom. The Morgan fingerprint density at radius 1 is 0.633 bits per heavy atom. The molecular formula is C62H69N7O9S. The van der Waals surface area contributed by atoms with Gasteiger partial charge in [0.2, 0.25) is 29.5 Å². The zero-order valence-corrected chi connectivity index (χ0v) is 45.5. The molecule has 8 N–H and O–H groups in total. The number of hydrogen-bond donors (Lipinski definition) is 7. The summed E-state index contributed by atoms with van der Waals surface area (Å²) < 4.78 is 4.37. The molecule has 0 radical (unpaired) electrons. The SMILES string of the molecule is CC(C)(C)OC(=O)NCCC[C@H](NC(=O)[C@@H]1CCCN1C(=O)[C@H](CSC(c1ccccc1)(c1ccccc1)c1ccccc1)NC(=O)[C@@H](N)CC(=O)NC(c1ccccc1)(c1ccccc1)c1ccccc1)C(=O)NCC(=O)O. The van der Waals surface area contributed by atoms with E-state index in [1.54, 1.807) is 20.8 Å². The van der Waals surface area contributed by atoms with Crippen LogP contribution in [-0.2, 0) is 43.8 Å². The Morgan fingerprint density at radius 2 is 1.09 bits per heavy atom. The lowest BCUT2D eigenvalue weighted by Crippen LogP contribution is -2.58. The first-order valence-electron chi connectivity index (χ1n) is 26.4. The highest BCUT2D eigenvalue weighted by Crippen LogP contribution is 2.49. The Bertz CT molecular complexity index is 2800. The minimum absolute atomic E-state index is 0.00183. The average molecular weight is 1090 g/mol. The number of thioether (sulfide) groups is 1. The summed E-state index contributed by atoms with van der Waals surface area (Å²) in [6.45, 7) is 4.65. The standard InChI is InChI=1S/C62H69N7O9S/c1-60(2,3)78-59(77)64-38-22-36-50(56(74)65-41-54(71)72)66-57(75)52-37-23-39-69(52)58(76)51(42-79-62(46-30-16-7-17-31-46,47-32-18-8-19-33-47)48-34-20-9-21-35-48)67-55(73)49(63)40-53(70)68-61(43-24-10-4-11-25-43,44-26-12-5-13-27-44)45-28-14-6-15-29-45/h4-21,24-35,49-52H,22-23,36-42,63H2,1-3H3,(H,64,77)(H,65,74)(H,66,75)(H,67,73)(H,68,70)(H,71,72)/t49-,50-,51-,52-/m0/s1. The molecule has 0 aromatic heterocycles. The van der Waals surface area contributed by atoms with Gasteiger partial charge in [-0.2, -0.15) is 0 Å². The molecular weight excluding hydrogens is 1020 g/mol. The summed E-state index contributed by atoms with van der Waals surface area (Å²) in [5, 5.41) is 23.3. The summed E-state index contributed by atoms with van der Waals surface area (Å²) in [6, 6.07) is 52.9. The molecule has 79 heavy (non-hydrogen) atoms. The lowest BCUT2D eigenvalue weighted by molar-refractivity contribution is -0.142. The normalized spacial score (nSPS) is 14.6. The van der Waals surface area contributed by atoms with Crippen molar-refractivity contribution in [3.8, 4) is 0 Å². The number of amides is 6. The first-order valence-corrected chi connectivity index (χ1v) is 27.4. The quantitative estimate of drug-likeness (QED) is 0.0241. The van der Waals surface area contributed by atoms with E-state index in [-0.39, 0.29) is 38.1 Å². The van der Waals surface area contributed by atoms with Crippen LogP contribution in [-0.4, -0.2) is 107 Å². The highest BCUT2D eigenvalue weighted by Gasteiger charge is 2.44. The lowest BCUT2D eigenvalue weighted by Gasteiger charge is -2.37. The molecule has 0 unspecified atom stereocenters. The van der Waals surface area contributed by atoms with Gasteiger partial charge in [0, 0.05) is 18.8 Å². The molecule has 0 spiro atoms. The third-order valence-corrected chi connectivity index (χ3v) is 15.2. The molecule has 0 bridgehead atoms. The van der Waals surface area contributed by atoms with Gasteiger partial charge in [0.25, 0.3) is 0 Å². The summed E-state index contributed by atoms with van der Waals surface area (Å²) >= 11 is 1.42. The summed E-state index contributed by atoms with van der Waals surface area (Å²) in [4.78, 5) is 97.7. The number of carbonyl (C=O) groups is 7. The largest absolute Gasteiger partial charge is 0.480 e. The molecule has 1 aliphatic heterocycles. The zero-order valence-electron chi connectivity index (χ0n) is 44.6. The van der Waals surface area contributed by atoms with E-state index >= 15 is 4.79 Å². The highest BCUT2D eigenvalue weighted by molar-refractivity contribution is 8.00. The molecule has 6 aromatic carbocycles. The molecule has 6 aromatic rings. The molecule has 412 valence electrons. The monoisotopic (exact) mass is 1090 g/mol. The van der Waals surface area contributed by atoms with E-state index in [0.717, 1.165) is 33.4 Å². The van der Waals surface area contributed by atoms with Gasteiger partial charge in [0.15, 0.2) is 0 Å². The van der Waals surface area contributed by atoms with Crippen LogP contribution in [0.4, 0.5) is 4.79 Å². The van der Waals surface area contributed by atoms with Crippen LogP contribution in [0.3, 0.4) is 0 Å². The van der Waals surface area contributed by atoms with Gasteiger partial charge < -0.3 is 47.1 Å². The van der Waals surface area contributed by atoms with E-state index < -0.39 is 94.6 Å². The summed E-state index contributed by atoms with van der Waals surface area (Å²) in [5.41, 5.74) is 9.79. The number of ether oxygens (including phenoxy) is 1. The molecule has 6 amide bonds. The predicted octanol–water partition coefficient (Wildman–Crippen LogP) is 7.00. The number of carboxylic acid groups (broad SMARTS) is 1. The number of carbonyl (C=O) groups excluding carboxylic acids is 6. The second-order valence-electron chi connectivity index (χ2n) is 20.3. The maximum absolute atomic E-state index is 15.4. The third-order valence-electron chi connectivity index (χ3n) is 13.5. The van der Waals surface area contributed by atoms with Crippen molar-refractivity contribution in [2.75, 3.05) is 25.4 Å². The molecule has 16 nitrogen and oxygen atoms in total. The Labute approximate surface area is 465 Å². The van der Waals surface area contributed by atoms with Crippen molar-refractivity contribution in [3.05, 3.63) is 215 Å². The first kappa shape index (κ1) is 58.4. The van der Waals surface area contributed by atoms with E-state index in [1.807, 2.05) is 182 Å². The predicted molar refractivity (Wildman–Crippen MR) is 304 cm³/mol. The molecule has 1 fully saturated rings. The molecule has 0 aliphatic carbocycles. The van der Waals surface area contributed by atoms with Gasteiger partial charge in [0.1, 0.15) is 35.8 Å². The van der Waals surface area contributed by atoms with Gasteiger partial charge in [-0.25, -0.2) is 4.79 Å². The van der Waals surface area contributed by atoms with Crippen molar-refractivity contribution in [2.45, 2.75) is 92.9 Å². The van der Waals surface area contributed by atoms with Gasteiger partial charge in [-0.05, 0) is 79.8 Å². The van der Waals surface area contributed by atoms with Crippen molar-refractivity contribution in [1.82, 2.24) is 31.5 Å². The van der Waals surface area contributed by atoms with Crippen molar-refractivity contribution in [3.63, 3.8) is 0 Å². The number of nitrogens with zero attached hydrogens (tertiary/aromatic N) is 1. The van der Waals surface area contributed by atoms with Crippen LogP contribution in [0.1, 0.15) is 86.3 Å². The van der Waals surface area contributed by atoms with E-state index in [1.165, 1.54) is 16.7 Å². The number of rotatable bonds is 24. The number of aliphatic carboxylic acids is 1. The number of nitrogens with two attached hydrogens (primary N) is 1. The van der Waals surface area contributed by atoms with Crippen LogP contribution in [0.25, 0.3) is 0 Å². The van der Waals surface area contributed by atoms with E-state index in [9.17, 15) is 33.9 Å². The minimum atomic E-state index is -1.45. The number of likely N-dealkylation sites (tertiary alicyclic amines) is 1. The van der Waals surface area contributed by atoms with Gasteiger partial charge in [0.05, 0.1) is 17.2 Å². The highest BCUT2D eigenvalue weighted by atomic mass is 32.2. The molecule has 1 saturated heterocycles. The first-order chi connectivity index (χ1) is 38.0. The molecule has 0 saturated carbocycles. The topological polar surface area (TPSA) is 238 Å². The fraction of sp³-hybridized carbons (Fsp3) is 0.306. The van der Waals surface area contributed by atoms with Crippen molar-refractivity contribution >= 4 is 53.4 Å². The van der Waals surface area contributed by atoms with Crippen LogP contribution < -0.4 is 32.3 Å². The summed E-state index contributed by atoms with van der Waals surface area (Å²) in [7, 11) is 0. The zero-order chi connectivity index (χ0) is 56.4. The average Bonchev–Trinajstić information content (AvgIpc) is 4.04. The second kappa shape index (κ2) is 27.3. The molecule has 1 aliphatic rings. The van der Waals surface area contributed by atoms with E-state index in [0.29, 0.717) is 6.42 Å². The van der Waals surface area contributed by atoms with Crippen LogP contribution in [0, 0.1) is 0 Å². The Kier molecular flexibility index (Phi) is 20.2. The van der Waals surface area contributed by atoms with Crippen LogP contribution in [0.2, 0.25) is 0 Å². The smallest absolute Gasteiger partial charge is 0.407 e. The maximum atomic E-state index is 15.4. The van der Waals surface area contributed by atoms with E-state index in [2.05, 4.69) is 26.6 Å². The van der Waals surface area contributed by atoms with Crippen LogP contribution in [0.15, 0.2) is 182 Å². The van der Waals surface area contributed by atoms with E-state index in [4.69, 9.17) is 10.5 Å². The summed E-state index contributed by atoms with van der Waals surface area (Å²) in [6.07, 6.45) is -0.331. The van der Waals surface area contributed by atoms with Crippen LogP contribution in [0.5, 0.6) is 0 Å². The van der Waals surface area contributed by atoms with Gasteiger partial charge in [-0.1, -0.05) is 182 Å². The minimum Gasteiger partial charge on any atom is -0.480 e. The maximum Gasteiger partial charge on any atom is 0.407 e. The lowest BCUT2D eigenvalue weighted by atomic mass is 9.77. The fourth-order valence-electron chi connectivity index (χ4n) is 9.90. The second-order valence-corrected chi connectivity index (χ2v) is 21.5. The van der Waals surface area contributed by atoms with Gasteiger partial charge >= 0.3 is 12.1 Å². The third kappa shape index (κ3) is 15.1. The molecule has 1 heterocycles. The number of benzene rings is 6. The molecule has 7 rings (SSSR count). The van der Waals surface area contributed by atoms with Crippen molar-refractivity contribution in [2.24, 2.45) is 5.73 Å². The molecule has 4 atom stereocenters. The van der Waals surface area contributed by atoms with Gasteiger partial charge in [-0.15, -0.1) is 11.8 Å². The fourth-order valence-corrected chi connectivity index (χ4v) is 11.5. The Hall–Kier alpha value is -8.28. The van der Waals surface area contributed by atoms with Crippen molar-refractivity contribution < 1.29 is 43.4 Å². The van der Waals surface area contributed by atoms with Crippen molar-refractivity contribution in [1.29, 1.82) is 0 Å². The van der Waals surface area contributed by atoms with Gasteiger partial charge in [-0.3, -0.25) is 28.8 Å². The van der Waals surface area contributed by atoms with Crippen LogP contribution >= 0.6 is 11.8 Å². The summed E-state index contributed by atoms with van der Waals surface area (Å²) in [5.74, 6) is -4.68. The molecule has 17 heteroatoms. The Balaban J connectivity index is 1.19. The number of alkyl carbamates (subject to hydrolysis) is 1. The number of hydrogen-bond acceptors (Lipinski definition) is 10. The number of carboxylic acids is 1.